The highest BCUT2D eigenvalue weighted by Crippen LogP contribution is 2.33. The fourth-order valence-corrected chi connectivity index (χ4v) is 3.65. The molecule has 0 unspecified atom stereocenters. The second-order valence-electron chi connectivity index (χ2n) is 4.55. The van der Waals surface area contributed by atoms with Gasteiger partial charge in [0.2, 0.25) is 6.79 Å². The number of nitrogens with zero attached hydrogens (tertiary/aromatic N) is 1. The third kappa shape index (κ3) is 2.94. The minimum atomic E-state index is 0.330. The highest BCUT2D eigenvalue weighted by Gasteiger charge is 2.14. The first-order chi connectivity index (χ1) is 9.22. The molecule has 1 aromatic carbocycles. The van der Waals surface area contributed by atoms with E-state index in [-0.39, 0.29) is 0 Å². The van der Waals surface area contributed by atoms with Crippen molar-refractivity contribution in [3.63, 3.8) is 0 Å². The summed E-state index contributed by atoms with van der Waals surface area (Å²) in [4.78, 5) is 3.64. The third-order valence-electron chi connectivity index (χ3n) is 2.99. The monoisotopic (exact) mass is 339 g/mol. The van der Waals surface area contributed by atoms with E-state index < -0.39 is 0 Å². The van der Waals surface area contributed by atoms with Crippen molar-refractivity contribution in [1.29, 1.82) is 0 Å². The molecular formula is C14H14BrNO2S. The quantitative estimate of drug-likeness (QED) is 0.843. The van der Waals surface area contributed by atoms with E-state index in [1.165, 1.54) is 14.9 Å². The summed E-state index contributed by atoms with van der Waals surface area (Å²) in [7, 11) is 2.12. The van der Waals surface area contributed by atoms with Crippen LogP contribution in [0.1, 0.15) is 10.4 Å². The van der Waals surface area contributed by atoms with Crippen molar-refractivity contribution in [1.82, 2.24) is 4.90 Å². The Morgan fingerprint density at radius 2 is 2.05 bits per heavy atom. The van der Waals surface area contributed by atoms with Crippen molar-refractivity contribution in [2.45, 2.75) is 13.1 Å². The zero-order valence-corrected chi connectivity index (χ0v) is 13.0. The number of hydrogen-bond donors (Lipinski definition) is 0. The van der Waals surface area contributed by atoms with Crippen molar-refractivity contribution in [3.8, 4) is 11.5 Å². The van der Waals surface area contributed by atoms with Gasteiger partial charge in [0.05, 0.1) is 0 Å². The molecule has 19 heavy (non-hydrogen) atoms. The van der Waals surface area contributed by atoms with Crippen LogP contribution in [-0.2, 0) is 13.1 Å². The number of halogens is 1. The molecule has 2 aromatic rings. The molecule has 0 N–H and O–H groups in total. The van der Waals surface area contributed by atoms with Gasteiger partial charge in [-0.05, 0) is 52.1 Å². The van der Waals surface area contributed by atoms with Gasteiger partial charge in [0, 0.05) is 22.4 Å². The fraction of sp³-hybridized carbons (Fsp3) is 0.286. The molecular weight excluding hydrogens is 326 g/mol. The van der Waals surface area contributed by atoms with Crippen LogP contribution in [0.25, 0.3) is 0 Å². The summed E-state index contributed by atoms with van der Waals surface area (Å²) in [5.74, 6) is 1.69. The molecule has 0 amide bonds. The largest absolute Gasteiger partial charge is 0.454 e. The van der Waals surface area contributed by atoms with Gasteiger partial charge in [0.25, 0.3) is 0 Å². The summed E-state index contributed by atoms with van der Waals surface area (Å²) in [5, 5.41) is 2.10. The van der Waals surface area contributed by atoms with Gasteiger partial charge < -0.3 is 9.47 Å². The van der Waals surface area contributed by atoms with Crippen LogP contribution in [0, 0.1) is 0 Å². The first-order valence-electron chi connectivity index (χ1n) is 6.01. The van der Waals surface area contributed by atoms with E-state index in [9.17, 15) is 0 Å². The maximum absolute atomic E-state index is 5.40. The Morgan fingerprint density at radius 3 is 2.84 bits per heavy atom. The summed E-state index contributed by atoms with van der Waals surface area (Å²) in [6, 6.07) is 8.22. The lowest BCUT2D eigenvalue weighted by molar-refractivity contribution is 0.174. The van der Waals surface area contributed by atoms with Crippen molar-refractivity contribution in [2.75, 3.05) is 13.8 Å². The molecule has 1 aliphatic heterocycles. The second-order valence-corrected chi connectivity index (χ2v) is 6.41. The summed E-state index contributed by atoms with van der Waals surface area (Å²) in [6.07, 6.45) is 0. The molecule has 3 nitrogen and oxygen atoms in total. The number of benzene rings is 1. The van der Waals surface area contributed by atoms with Crippen LogP contribution in [0.4, 0.5) is 0 Å². The van der Waals surface area contributed by atoms with Gasteiger partial charge in [-0.1, -0.05) is 6.07 Å². The number of fused-ring (bicyclic) bond motifs is 1. The normalized spacial score (nSPS) is 13.2. The smallest absolute Gasteiger partial charge is 0.231 e. The van der Waals surface area contributed by atoms with Crippen LogP contribution in [0.2, 0.25) is 0 Å². The fourth-order valence-electron chi connectivity index (χ4n) is 2.09. The minimum Gasteiger partial charge on any atom is -0.454 e. The van der Waals surface area contributed by atoms with Gasteiger partial charge >= 0.3 is 0 Å². The Kier molecular flexibility index (Phi) is 3.77. The lowest BCUT2D eigenvalue weighted by Gasteiger charge is -2.16. The molecule has 0 saturated heterocycles. The summed E-state index contributed by atoms with van der Waals surface area (Å²) in [6.45, 7) is 2.16. The van der Waals surface area contributed by atoms with E-state index in [2.05, 4.69) is 51.5 Å². The molecule has 0 bridgehead atoms. The Balaban J connectivity index is 1.66. The van der Waals surface area contributed by atoms with Gasteiger partial charge in [-0.3, -0.25) is 4.90 Å². The Morgan fingerprint density at radius 1 is 1.21 bits per heavy atom. The van der Waals surface area contributed by atoms with Crippen LogP contribution >= 0.6 is 27.3 Å². The highest BCUT2D eigenvalue weighted by atomic mass is 79.9. The van der Waals surface area contributed by atoms with Gasteiger partial charge in [-0.2, -0.15) is 0 Å². The van der Waals surface area contributed by atoms with Crippen LogP contribution in [0.15, 0.2) is 34.1 Å². The topological polar surface area (TPSA) is 21.7 Å². The molecule has 5 heteroatoms. The maximum Gasteiger partial charge on any atom is 0.231 e. The number of thiophene rings is 1. The molecule has 0 aliphatic carbocycles. The summed E-state index contributed by atoms with van der Waals surface area (Å²) in [5.41, 5.74) is 1.24. The standard InChI is InChI=1S/C14H14BrNO2S/c1-16(8-14-11(15)4-5-19-14)7-10-2-3-12-13(6-10)18-9-17-12/h2-6H,7-9H2,1H3. The highest BCUT2D eigenvalue weighted by molar-refractivity contribution is 9.10. The van der Waals surface area contributed by atoms with E-state index >= 15 is 0 Å². The Hall–Kier alpha value is -1.04. The first kappa shape index (κ1) is 13.0. The van der Waals surface area contributed by atoms with Crippen molar-refractivity contribution in [3.05, 3.63) is 44.6 Å². The molecule has 100 valence electrons. The zero-order valence-electron chi connectivity index (χ0n) is 10.6. The van der Waals surface area contributed by atoms with Crippen LogP contribution in [0.3, 0.4) is 0 Å². The van der Waals surface area contributed by atoms with Gasteiger partial charge in [0.1, 0.15) is 0 Å². The molecule has 0 spiro atoms. The van der Waals surface area contributed by atoms with E-state index in [4.69, 9.17) is 9.47 Å². The average molecular weight is 340 g/mol. The third-order valence-corrected chi connectivity index (χ3v) is 4.91. The first-order valence-corrected chi connectivity index (χ1v) is 7.68. The zero-order chi connectivity index (χ0) is 13.2. The van der Waals surface area contributed by atoms with Gasteiger partial charge in [-0.15, -0.1) is 11.3 Å². The van der Waals surface area contributed by atoms with Crippen molar-refractivity contribution in [2.24, 2.45) is 0 Å². The van der Waals surface area contributed by atoms with Gasteiger partial charge in [-0.25, -0.2) is 0 Å². The van der Waals surface area contributed by atoms with Crippen LogP contribution in [-0.4, -0.2) is 18.7 Å². The average Bonchev–Trinajstić information content (AvgIpc) is 2.98. The molecule has 2 heterocycles. The van der Waals surface area contributed by atoms with Gasteiger partial charge in [0.15, 0.2) is 11.5 Å². The predicted octanol–water partition coefficient (Wildman–Crippen LogP) is 3.87. The maximum atomic E-state index is 5.40. The molecule has 0 atom stereocenters. The van der Waals surface area contributed by atoms with Crippen molar-refractivity contribution < 1.29 is 9.47 Å². The number of hydrogen-bond acceptors (Lipinski definition) is 4. The van der Waals surface area contributed by atoms with Crippen molar-refractivity contribution >= 4 is 27.3 Å². The summed E-state index contributed by atoms with van der Waals surface area (Å²) >= 11 is 5.34. The molecule has 1 aliphatic rings. The van der Waals surface area contributed by atoms with E-state index in [0.717, 1.165) is 24.6 Å². The number of ether oxygens (including phenoxy) is 2. The lowest BCUT2D eigenvalue weighted by Crippen LogP contribution is -2.16. The van der Waals surface area contributed by atoms with E-state index in [0.29, 0.717) is 6.79 Å². The predicted molar refractivity (Wildman–Crippen MR) is 79.8 cm³/mol. The van der Waals surface area contributed by atoms with Crippen LogP contribution in [0.5, 0.6) is 11.5 Å². The molecule has 0 saturated carbocycles. The minimum absolute atomic E-state index is 0.330. The summed E-state index contributed by atoms with van der Waals surface area (Å²) < 4.78 is 11.9. The van der Waals surface area contributed by atoms with Crippen LogP contribution < -0.4 is 9.47 Å². The Bertz CT molecular complexity index is 585. The SMILES string of the molecule is CN(Cc1ccc2c(c1)OCO2)Cc1sccc1Br. The Labute approximate surface area is 124 Å². The molecule has 0 fully saturated rings. The van der Waals surface area contributed by atoms with E-state index in [1.54, 1.807) is 11.3 Å². The molecule has 3 rings (SSSR count). The molecule has 1 aromatic heterocycles. The lowest BCUT2D eigenvalue weighted by atomic mass is 10.2. The molecule has 0 radical (unpaired) electrons. The van der Waals surface area contributed by atoms with E-state index in [1.807, 2.05) is 6.07 Å². The second kappa shape index (κ2) is 5.53. The number of rotatable bonds is 4.